The average molecular weight is 321 g/mol. The van der Waals surface area contributed by atoms with Crippen LogP contribution in [-0.4, -0.2) is 18.4 Å². The van der Waals surface area contributed by atoms with E-state index in [1.807, 2.05) is 37.3 Å². The van der Waals surface area contributed by atoms with Gasteiger partial charge in [0.25, 0.3) is 0 Å². The summed E-state index contributed by atoms with van der Waals surface area (Å²) < 4.78 is 0. The van der Waals surface area contributed by atoms with E-state index in [2.05, 4.69) is 5.32 Å². The third kappa shape index (κ3) is 4.43. The molecule has 0 saturated carbocycles. The molecule has 0 bridgehead atoms. The smallest absolute Gasteiger partial charge is 0.240 e. The zero-order valence-corrected chi connectivity index (χ0v) is 13.7. The Bertz CT molecular complexity index is 793. The van der Waals surface area contributed by atoms with Crippen LogP contribution in [0.2, 0.25) is 0 Å². The van der Waals surface area contributed by atoms with Gasteiger partial charge in [0, 0.05) is 13.5 Å². The normalized spacial score (nSPS) is 9.88. The van der Waals surface area contributed by atoms with E-state index in [1.54, 1.807) is 24.3 Å². The zero-order chi connectivity index (χ0) is 17.5. The first-order chi connectivity index (χ1) is 11.5. The Labute approximate surface area is 141 Å². The summed E-state index contributed by atoms with van der Waals surface area (Å²) in [7, 11) is 0. The number of benzene rings is 2. The molecule has 0 aliphatic heterocycles. The SMILES string of the molecule is CC(=O)N(CC(=O)NCc1cccc(C)c1)c1ccccc1C#N. The first kappa shape index (κ1) is 17.2. The number of nitrogens with zero attached hydrogens (tertiary/aromatic N) is 2. The highest BCUT2D eigenvalue weighted by atomic mass is 16.2. The number of rotatable bonds is 5. The standard InChI is InChI=1S/C19H19N3O2/c1-14-6-5-7-16(10-14)12-21-19(24)13-22(15(2)23)18-9-4-3-8-17(18)11-20/h3-10H,12-13H2,1-2H3,(H,21,24). The fraction of sp³-hybridized carbons (Fsp3) is 0.211. The number of para-hydroxylation sites is 1. The van der Waals surface area contributed by atoms with Crippen LogP contribution < -0.4 is 10.2 Å². The summed E-state index contributed by atoms with van der Waals surface area (Å²) in [5.41, 5.74) is 2.92. The summed E-state index contributed by atoms with van der Waals surface area (Å²) in [6.07, 6.45) is 0. The van der Waals surface area contributed by atoms with Crippen LogP contribution in [-0.2, 0) is 16.1 Å². The maximum Gasteiger partial charge on any atom is 0.240 e. The number of hydrogen-bond donors (Lipinski definition) is 1. The first-order valence-corrected chi connectivity index (χ1v) is 7.60. The van der Waals surface area contributed by atoms with Crippen molar-refractivity contribution in [2.45, 2.75) is 20.4 Å². The minimum absolute atomic E-state index is 0.125. The van der Waals surface area contributed by atoms with Gasteiger partial charge in [-0.3, -0.25) is 9.59 Å². The van der Waals surface area contributed by atoms with E-state index in [4.69, 9.17) is 0 Å². The summed E-state index contributed by atoms with van der Waals surface area (Å²) >= 11 is 0. The predicted molar refractivity (Wildman–Crippen MR) is 92.2 cm³/mol. The Hall–Kier alpha value is -3.13. The summed E-state index contributed by atoms with van der Waals surface area (Å²) in [4.78, 5) is 25.4. The van der Waals surface area contributed by atoms with Crippen molar-refractivity contribution in [2.24, 2.45) is 0 Å². The fourth-order valence-corrected chi connectivity index (χ4v) is 2.39. The molecule has 0 heterocycles. The number of anilines is 1. The molecule has 24 heavy (non-hydrogen) atoms. The molecule has 0 saturated heterocycles. The number of carbonyl (C=O) groups is 2. The molecule has 0 aromatic heterocycles. The van der Waals surface area contributed by atoms with Crippen LogP contribution in [0, 0.1) is 18.3 Å². The highest BCUT2D eigenvalue weighted by Gasteiger charge is 2.18. The lowest BCUT2D eigenvalue weighted by Crippen LogP contribution is -2.40. The molecule has 5 nitrogen and oxygen atoms in total. The van der Waals surface area contributed by atoms with E-state index in [-0.39, 0.29) is 18.4 Å². The Balaban J connectivity index is 2.07. The molecule has 0 unspecified atom stereocenters. The molecular formula is C19H19N3O2. The quantitative estimate of drug-likeness (QED) is 0.919. The van der Waals surface area contributed by atoms with E-state index in [9.17, 15) is 14.9 Å². The summed E-state index contributed by atoms with van der Waals surface area (Å²) in [6, 6.07) is 16.6. The first-order valence-electron chi connectivity index (χ1n) is 7.60. The lowest BCUT2D eigenvalue weighted by atomic mass is 10.1. The zero-order valence-electron chi connectivity index (χ0n) is 13.7. The van der Waals surface area contributed by atoms with Crippen molar-refractivity contribution in [1.29, 1.82) is 5.26 Å². The number of nitrogens with one attached hydrogen (secondary N) is 1. The molecule has 0 fully saturated rings. The number of nitriles is 1. The van der Waals surface area contributed by atoms with Gasteiger partial charge in [-0.2, -0.15) is 5.26 Å². The van der Waals surface area contributed by atoms with Gasteiger partial charge in [0.2, 0.25) is 11.8 Å². The van der Waals surface area contributed by atoms with Crippen molar-refractivity contribution in [2.75, 3.05) is 11.4 Å². The van der Waals surface area contributed by atoms with Gasteiger partial charge >= 0.3 is 0 Å². The topological polar surface area (TPSA) is 73.2 Å². The van der Waals surface area contributed by atoms with E-state index in [1.165, 1.54) is 11.8 Å². The Kier molecular flexibility index (Phi) is 5.69. The molecule has 122 valence electrons. The lowest BCUT2D eigenvalue weighted by molar-refractivity contribution is -0.123. The molecule has 0 aliphatic rings. The fourth-order valence-electron chi connectivity index (χ4n) is 2.39. The van der Waals surface area contributed by atoms with Crippen molar-refractivity contribution >= 4 is 17.5 Å². The molecule has 2 aromatic rings. The monoisotopic (exact) mass is 321 g/mol. The van der Waals surface area contributed by atoms with Crippen LogP contribution in [0.3, 0.4) is 0 Å². The number of amides is 2. The van der Waals surface area contributed by atoms with Gasteiger partial charge in [0.15, 0.2) is 0 Å². The van der Waals surface area contributed by atoms with Crippen LogP contribution in [0.25, 0.3) is 0 Å². The lowest BCUT2D eigenvalue weighted by Gasteiger charge is -2.21. The molecule has 0 aliphatic carbocycles. The second-order valence-corrected chi connectivity index (χ2v) is 5.50. The van der Waals surface area contributed by atoms with Crippen molar-refractivity contribution in [3.63, 3.8) is 0 Å². The van der Waals surface area contributed by atoms with Crippen molar-refractivity contribution < 1.29 is 9.59 Å². The highest BCUT2D eigenvalue weighted by molar-refractivity contribution is 5.98. The largest absolute Gasteiger partial charge is 0.350 e. The van der Waals surface area contributed by atoms with Gasteiger partial charge in [-0.05, 0) is 24.6 Å². The summed E-state index contributed by atoms with van der Waals surface area (Å²) in [6.45, 7) is 3.63. The van der Waals surface area contributed by atoms with E-state index < -0.39 is 0 Å². The number of carbonyl (C=O) groups excluding carboxylic acids is 2. The van der Waals surface area contributed by atoms with Gasteiger partial charge in [-0.1, -0.05) is 42.0 Å². The second-order valence-electron chi connectivity index (χ2n) is 5.50. The second kappa shape index (κ2) is 7.93. The molecule has 2 amide bonds. The van der Waals surface area contributed by atoms with Gasteiger partial charge in [-0.25, -0.2) is 0 Å². The third-order valence-corrected chi connectivity index (χ3v) is 3.57. The summed E-state index contributed by atoms with van der Waals surface area (Å²) in [5, 5.41) is 12.0. The van der Waals surface area contributed by atoms with Gasteiger partial charge in [0.1, 0.15) is 12.6 Å². The number of hydrogen-bond acceptors (Lipinski definition) is 3. The highest BCUT2D eigenvalue weighted by Crippen LogP contribution is 2.19. The molecule has 2 rings (SSSR count). The molecule has 1 N–H and O–H groups in total. The predicted octanol–water partition coefficient (Wildman–Crippen LogP) is 2.54. The van der Waals surface area contributed by atoms with Gasteiger partial charge in [0.05, 0.1) is 11.3 Å². The Morgan fingerprint density at radius 3 is 2.58 bits per heavy atom. The number of aryl methyl sites for hydroxylation is 1. The average Bonchev–Trinajstić information content (AvgIpc) is 2.57. The molecule has 0 spiro atoms. The molecule has 2 aromatic carbocycles. The third-order valence-electron chi connectivity index (χ3n) is 3.57. The molecular weight excluding hydrogens is 302 g/mol. The van der Waals surface area contributed by atoms with E-state index in [0.717, 1.165) is 11.1 Å². The van der Waals surface area contributed by atoms with Crippen LogP contribution >= 0.6 is 0 Å². The van der Waals surface area contributed by atoms with Gasteiger partial charge in [-0.15, -0.1) is 0 Å². The summed E-state index contributed by atoms with van der Waals surface area (Å²) in [5.74, 6) is -0.567. The Morgan fingerprint density at radius 1 is 1.17 bits per heavy atom. The molecule has 0 atom stereocenters. The van der Waals surface area contributed by atoms with Gasteiger partial charge < -0.3 is 10.2 Å². The van der Waals surface area contributed by atoms with Crippen LogP contribution in [0.5, 0.6) is 0 Å². The molecule has 0 radical (unpaired) electrons. The molecule has 5 heteroatoms. The van der Waals surface area contributed by atoms with Crippen LogP contribution in [0.1, 0.15) is 23.6 Å². The van der Waals surface area contributed by atoms with Crippen molar-refractivity contribution in [1.82, 2.24) is 5.32 Å². The minimum Gasteiger partial charge on any atom is -0.350 e. The maximum absolute atomic E-state index is 12.2. The minimum atomic E-state index is -0.289. The maximum atomic E-state index is 12.2. The van der Waals surface area contributed by atoms with E-state index >= 15 is 0 Å². The van der Waals surface area contributed by atoms with Crippen molar-refractivity contribution in [3.8, 4) is 6.07 Å². The van der Waals surface area contributed by atoms with Crippen LogP contribution in [0.4, 0.5) is 5.69 Å². The van der Waals surface area contributed by atoms with E-state index in [0.29, 0.717) is 17.8 Å². The Morgan fingerprint density at radius 2 is 1.92 bits per heavy atom. The van der Waals surface area contributed by atoms with Crippen LogP contribution in [0.15, 0.2) is 48.5 Å². The van der Waals surface area contributed by atoms with Crippen molar-refractivity contribution in [3.05, 3.63) is 65.2 Å².